The summed E-state index contributed by atoms with van der Waals surface area (Å²) >= 11 is 0. The number of nitrogens with one attached hydrogen (secondary N) is 1. The molecule has 0 saturated carbocycles. The Hall–Kier alpha value is -2.70. The summed E-state index contributed by atoms with van der Waals surface area (Å²) < 4.78 is 5.13. The van der Waals surface area contributed by atoms with Crippen molar-refractivity contribution in [1.82, 2.24) is 10.1 Å². The Labute approximate surface area is 146 Å². The lowest BCUT2D eigenvalue weighted by molar-refractivity contribution is -0.138. The van der Waals surface area contributed by atoms with Crippen LogP contribution < -0.4 is 5.32 Å². The van der Waals surface area contributed by atoms with Gasteiger partial charge in [0.05, 0.1) is 5.92 Å². The molecule has 0 fully saturated rings. The highest BCUT2D eigenvalue weighted by Crippen LogP contribution is 2.18. The molecule has 1 unspecified atom stereocenters. The number of nitrogens with zero attached hydrogens (tertiary/aromatic N) is 2. The molecule has 0 bridgehead atoms. The highest BCUT2D eigenvalue weighted by molar-refractivity contribution is 5.90. The molecular weight excluding hydrogens is 322 g/mol. The molecule has 0 aliphatic heterocycles. The minimum absolute atomic E-state index is 0.104. The number of aryl methyl sites for hydroxylation is 2. The second-order valence-corrected chi connectivity index (χ2v) is 5.94. The van der Waals surface area contributed by atoms with Gasteiger partial charge in [-0.2, -0.15) is 4.98 Å². The summed E-state index contributed by atoms with van der Waals surface area (Å²) in [7, 11) is 0. The molecule has 2 aromatic rings. The van der Waals surface area contributed by atoms with E-state index in [0.717, 1.165) is 12.8 Å². The zero-order valence-electron chi connectivity index (χ0n) is 14.5. The van der Waals surface area contributed by atoms with Crippen molar-refractivity contribution in [3.8, 4) is 0 Å². The van der Waals surface area contributed by atoms with Crippen molar-refractivity contribution in [3.05, 3.63) is 41.5 Å². The smallest absolute Gasteiger partial charge is 0.310 e. The van der Waals surface area contributed by atoms with Crippen molar-refractivity contribution in [2.45, 2.75) is 51.9 Å². The Balaban J connectivity index is 1.77. The lowest BCUT2D eigenvalue weighted by atomic mass is 10.0. The summed E-state index contributed by atoms with van der Waals surface area (Å²) in [6.45, 7) is 3.68. The van der Waals surface area contributed by atoms with Gasteiger partial charge in [-0.15, -0.1) is 0 Å². The zero-order valence-corrected chi connectivity index (χ0v) is 14.5. The Morgan fingerprint density at radius 3 is 2.60 bits per heavy atom. The molecule has 2 N–H and O–H groups in total. The third-order valence-corrected chi connectivity index (χ3v) is 3.84. The summed E-state index contributed by atoms with van der Waals surface area (Å²) in [6, 6.07) is 6.84. The van der Waals surface area contributed by atoms with Crippen LogP contribution in [0.25, 0.3) is 0 Å². The quantitative estimate of drug-likeness (QED) is 0.723. The van der Waals surface area contributed by atoms with E-state index in [0.29, 0.717) is 42.2 Å². The molecule has 1 aromatic heterocycles. The topological polar surface area (TPSA) is 105 Å². The number of aromatic nitrogens is 2. The number of amides is 1. The fourth-order valence-electron chi connectivity index (χ4n) is 2.34. The first-order valence-electron chi connectivity index (χ1n) is 8.43. The second-order valence-electron chi connectivity index (χ2n) is 5.94. The fourth-order valence-corrected chi connectivity index (χ4v) is 2.34. The highest BCUT2D eigenvalue weighted by Gasteiger charge is 2.13. The fraction of sp³-hybridized carbons (Fsp3) is 0.444. The normalized spacial score (nSPS) is 11.9. The predicted octanol–water partition coefficient (Wildman–Crippen LogP) is 3.17. The Morgan fingerprint density at radius 1 is 1.24 bits per heavy atom. The minimum atomic E-state index is -0.875. The molecule has 0 radical (unpaired) electrons. The molecule has 0 aliphatic carbocycles. The molecular formula is C18H23N3O4. The third-order valence-electron chi connectivity index (χ3n) is 3.84. The largest absolute Gasteiger partial charge is 0.481 e. The number of benzene rings is 1. The van der Waals surface area contributed by atoms with Gasteiger partial charge in [-0.25, -0.2) is 0 Å². The van der Waals surface area contributed by atoms with Crippen LogP contribution in [-0.2, 0) is 22.4 Å². The van der Waals surface area contributed by atoms with E-state index in [4.69, 9.17) is 9.63 Å². The van der Waals surface area contributed by atoms with Crippen LogP contribution in [0.5, 0.6) is 0 Å². The van der Waals surface area contributed by atoms with E-state index in [2.05, 4.69) is 22.4 Å². The molecule has 134 valence electrons. The molecule has 25 heavy (non-hydrogen) atoms. The minimum Gasteiger partial charge on any atom is -0.481 e. The van der Waals surface area contributed by atoms with Crippen molar-refractivity contribution >= 4 is 17.6 Å². The molecule has 2 rings (SSSR count). The molecule has 0 spiro atoms. The monoisotopic (exact) mass is 345 g/mol. The average Bonchev–Trinajstić information content (AvgIpc) is 3.02. The summed E-state index contributed by atoms with van der Waals surface area (Å²) in [6.07, 6.45) is 3.29. The Morgan fingerprint density at radius 2 is 1.96 bits per heavy atom. The first-order valence-corrected chi connectivity index (χ1v) is 8.43. The van der Waals surface area contributed by atoms with Crippen molar-refractivity contribution in [2.24, 2.45) is 0 Å². The van der Waals surface area contributed by atoms with Crippen LogP contribution in [0.2, 0.25) is 0 Å². The SMILES string of the molecule is CCCc1noc(CCCC(=O)Nc2ccc(C(C)C(=O)O)cc2)n1. The first kappa shape index (κ1) is 18.6. The van der Waals surface area contributed by atoms with Crippen LogP contribution in [-0.4, -0.2) is 27.1 Å². The maximum atomic E-state index is 12.0. The van der Waals surface area contributed by atoms with Crippen LogP contribution in [0, 0.1) is 0 Å². The summed E-state index contributed by atoms with van der Waals surface area (Å²) in [4.78, 5) is 27.2. The van der Waals surface area contributed by atoms with Gasteiger partial charge in [-0.3, -0.25) is 9.59 Å². The van der Waals surface area contributed by atoms with Crippen LogP contribution >= 0.6 is 0 Å². The van der Waals surface area contributed by atoms with Gasteiger partial charge in [0.1, 0.15) is 0 Å². The molecule has 1 heterocycles. The van der Waals surface area contributed by atoms with Crippen LogP contribution in [0.1, 0.15) is 56.3 Å². The van der Waals surface area contributed by atoms with Gasteiger partial charge in [-0.05, 0) is 37.5 Å². The standard InChI is InChI=1S/C18H23N3O4/c1-3-5-15-20-17(25-21-15)7-4-6-16(22)19-14-10-8-13(9-11-14)12(2)18(23)24/h8-12H,3-7H2,1-2H3,(H,19,22)(H,23,24). The lowest BCUT2D eigenvalue weighted by Crippen LogP contribution is -2.12. The maximum absolute atomic E-state index is 12.0. The molecule has 1 aromatic carbocycles. The third kappa shape index (κ3) is 5.70. The van der Waals surface area contributed by atoms with Gasteiger partial charge in [0.15, 0.2) is 5.82 Å². The molecule has 0 aliphatic rings. The number of anilines is 1. The van der Waals surface area contributed by atoms with Gasteiger partial charge in [0.2, 0.25) is 11.8 Å². The van der Waals surface area contributed by atoms with Crippen LogP contribution in [0.4, 0.5) is 5.69 Å². The number of carbonyl (C=O) groups excluding carboxylic acids is 1. The van der Waals surface area contributed by atoms with Crippen LogP contribution in [0.15, 0.2) is 28.8 Å². The van der Waals surface area contributed by atoms with Gasteiger partial charge >= 0.3 is 5.97 Å². The van der Waals surface area contributed by atoms with E-state index < -0.39 is 11.9 Å². The molecule has 7 heteroatoms. The van der Waals surface area contributed by atoms with E-state index in [9.17, 15) is 9.59 Å². The van der Waals surface area contributed by atoms with E-state index in [1.165, 1.54) is 0 Å². The first-order chi connectivity index (χ1) is 12.0. The second kappa shape index (κ2) is 8.96. The molecule has 7 nitrogen and oxygen atoms in total. The zero-order chi connectivity index (χ0) is 18.2. The molecule has 1 amide bonds. The summed E-state index contributed by atoms with van der Waals surface area (Å²) in [5.74, 6) is -0.287. The number of carboxylic acid groups (broad SMARTS) is 1. The lowest BCUT2D eigenvalue weighted by Gasteiger charge is -2.09. The van der Waals surface area contributed by atoms with E-state index in [1.54, 1.807) is 31.2 Å². The number of carboxylic acids is 1. The van der Waals surface area contributed by atoms with Gasteiger partial charge in [0, 0.05) is 24.9 Å². The number of hydrogen-bond acceptors (Lipinski definition) is 5. The Bertz CT molecular complexity index is 709. The predicted molar refractivity (Wildman–Crippen MR) is 92.4 cm³/mol. The van der Waals surface area contributed by atoms with Crippen LogP contribution in [0.3, 0.4) is 0 Å². The van der Waals surface area contributed by atoms with E-state index >= 15 is 0 Å². The van der Waals surface area contributed by atoms with Crippen molar-refractivity contribution in [3.63, 3.8) is 0 Å². The van der Waals surface area contributed by atoms with Gasteiger partial charge in [-0.1, -0.05) is 24.2 Å². The number of aliphatic carboxylic acids is 1. The van der Waals surface area contributed by atoms with Crippen molar-refractivity contribution in [2.75, 3.05) is 5.32 Å². The van der Waals surface area contributed by atoms with Gasteiger partial charge in [0.25, 0.3) is 0 Å². The average molecular weight is 345 g/mol. The number of carbonyl (C=O) groups is 2. The molecule has 1 atom stereocenters. The maximum Gasteiger partial charge on any atom is 0.310 e. The van der Waals surface area contributed by atoms with Crippen molar-refractivity contribution < 1.29 is 19.2 Å². The van der Waals surface area contributed by atoms with Gasteiger partial charge < -0.3 is 14.9 Å². The summed E-state index contributed by atoms with van der Waals surface area (Å²) in [5, 5.41) is 15.7. The van der Waals surface area contributed by atoms with E-state index in [-0.39, 0.29) is 5.91 Å². The molecule has 0 saturated heterocycles. The summed E-state index contributed by atoms with van der Waals surface area (Å²) in [5.41, 5.74) is 1.35. The van der Waals surface area contributed by atoms with E-state index in [1.807, 2.05) is 0 Å². The van der Waals surface area contributed by atoms with Crippen molar-refractivity contribution in [1.29, 1.82) is 0 Å². The highest BCUT2D eigenvalue weighted by atomic mass is 16.5. The number of hydrogen-bond donors (Lipinski definition) is 2. The number of rotatable bonds is 9. The Kier molecular flexibility index (Phi) is 6.68.